The van der Waals surface area contributed by atoms with Gasteiger partial charge in [0.1, 0.15) is 12.2 Å². The number of fused-ring (bicyclic) bond motifs is 1. The molecule has 0 aliphatic heterocycles. The van der Waals surface area contributed by atoms with E-state index < -0.39 is 0 Å². The highest BCUT2D eigenvalue weighted by Gasteiger charge is 2.12. The predicted molar refractivity (Wildman–Crippen MR) is 63.2 cm³/mol. The van der Waals surface area contributed by atoms with Gasteiger partial charge in [-0.3, -0.25) is 4.68 Å². The van der Waals surface area contributed by atoms with Gasteiger partial charge in [0.2, 0.25) is 0 Å². The van der Waals surface area contributed by atoms with Gasteiger partial charge in [-0.1, -0.05) is 5.92 Å². The third-order valence-electron chi connectivity index (χ3n) is 2.84. The van der Waals surface area contributed by atoms with Crippen LogP contribution >= 0.6 is 0 Å². The molecule has 1 aliphatic rings. The van der Waals surface area contributed by atoms with Crippen LogP contribution in [0.5, 0.6) is 0 Å². The van der Waals surface area contributed by atoms with E-state index in [-0.39, 0.29) is 0 Å². The molecular formula is C13H12N4. The molecule has 17 heavy (non-hydrogen) atoms. The molecule has 4 nitrogen and oxygen atoms in total. The summed E-state index contributed by atoms with van der Waals surface area (Å²) in [6.07, 6.45) is 7.00. The largest absolute Gasteiger partial charge is 0.261 e. The molecule has 0 unspecified atom stereocenters. The Morgan fingerprint density at radius 3 is 3.18 bits per heavy atom. The summed E-state index contributed by atoms with van der Waals surface area (Å²) in [5.74, 6) is 6.07. The van der Waals surface area contributed by atoms with Crippen LogP contribution in [0.15, 0.2) is 24.5 Å². The molecule has 4 heteroatoms. The highest BCUT2D eigenvalue weighted by atomic mass is 15.3. The molecule has 0 radical (unpaired) electrons. The van der Waals surface area contributed by atoms with Crippen LogP contribution in [0.1, 0.15) is 23.4 Å². The molecule has 0 atom stereocenters. The van der Waals surface area contributed by atoms with Crippen molar-refractivity contribution in [2.24, 2.45) is 0 Å². The Labute approximate surface area is 99.7 Å². The normalized spacial score (nSPS) is 12.9. The zero-order chi connectivity index (χ0) is 11.5. The number of aromatic nitrogens is 4. The van der Waals surface area contributed by atoms with Crippen molar-refractivity contribution < 1.29 is 0 Å². The summed E-state index contributed by atoms with van der Waals surface area (Å²) in [4.78, 5) is 0. The molecule has 2 heterocycles. The highest BCUT2D eigenvalue weighted by molar-refractivity contribution is 5.33. The minimum Gasteiger partial charge on any atom is -0.261 e. The Morgan fingerprint density at radius 1 is 1.29 bits per heavy atom. The Bertz CT molecular complexity index is 575. The van der Waals surface area contributed by atoms with Gasteiger partial charge < -0.3 is 0 Å². The van der Waals surface area contributed by atoms with Crippen LogP contribution in [-0.2, 0) is 19.4 Å². The van der Waals surface area contributed by atoms with E-state index in [9.17, 15) is 0 Å². The summed E-state index contributed by atoms with van der Waals surface area (Å²) >= 11 is 0. The minimum atomic E-state index is 0.589. The molecule has 0 saturated carbocycles. The first-order chi connectivity index (χ1) is 8.42. The van der Waals surface area contributed by atoms with Gasteiger partial charge in [0.15, 0.2) is 0 Å². The lowest BCUT2D eigenvalue weighted by Crippen LogP contribution is -1.97. The van der Waals surface area contributed by atoms with Crippen molar-refractivity contribution in [3.05, 3.63) is 41.5 Å². The first-order valence-corrected chi connectivity index (χ1v) is 5.73. The SMILES string of the molecule is C(#Cc1cc2c(nn1)CCC2)Cn1cccn1. The molecule has 1 aliphatic carbocycles. The number of nitrogens with zero attached hydrogens (tertiary/aromatic N) is 4. The fourth-order valence-electron chi connectivity index (χ4n) is 2.00. The van der Waals surface area contributed by atoms with Gasteiger partial charge >= 0.3 is 0 Å². The predicted octanol–water partition coefficient (Wildman–Crippen LogP) is 1.21. The standard InChI is InChI=1S/C13H12N4/c1-4-11-10-12(15-16-13(11)6-1)5-2-8-17-9-3-7-14-17/h3,7,9-10H,1,4,6,8H2. The fourth-order valence-corrected chi connectivity index (χ4v) is 2.00. The van der Waals surface area contributed by atoms with E-state index in [1.807, 2.05) is 12.3 Å². The zero-order valence-corrected chi connectivity index (χ0v) is 9.43. The van der Waals surface area contributed by atoms with Crippen LogP contribution in [-0.4, -0.2) is 20.0 Å². The van der Waals surface area contributed by atoms with Crippen LogP contribution < -0.4 is 0 Å². The van der Waals surface area contributed by atoms with E-state index in [1.165, 1.54) is 12.0 Å². The van der Waals surface area contributed by atoms with Gasteiger partial charge in [-0.05, 0) is 42.9 Å². The van der Waals surface area contributed by atoms with E-state index in [1.54, 1.807) is 10.9 Å². The summed E-state index contributed by atoms with van der Waals surface area (Å²) in [6.45, 7) is 0.589. The van der Waals surface area contributed by atoms with Crippen LogP contribution in [0.4, 0.5) is 0 Å². The molecule has 0 saturated heterocycles. The van der Waals surface area contributed by atoms with Crippen molar-refractivity contribution in [2.45, 2.75) is 25.8 Å². The Hall–Kier alpha value is -2.15. The fraction of sp³-hybridized carbons (Fsp3) is 0.308. The van der Waals surface area contributed by atoms with Gasteiger partial charge in [0.25, 0.3) is 0 Å². The monoisotopic (exact) mass is 224 g/mol. The van der Waals surface area contributed by atoms with Crippen molar-refractivity contribution in [3.8, 4) is 11.8 Å². The zero-order valence-electron chi connectivity index (χ0n) is 9.43. The molecule has 0 fully saturated rings. The maximum atomic E-state index is 4.20. The summed E-state index contributed by atoms with van der Waals surface area (Å²) in [5.41, 5.74) is 3.21. The average Bonchev–Trinajstić information content (AvgIpc) is 2.98. The van der Waals surface area contributed by atoms with Crippen molar-refractivity contribution in [1.82, 2.24) is 20.0 Å². The third kappa shape index (κ3) is 2.18. The maximum Gasteiger partial charge on any atom is 0.136 e. The quantitative estimate of drug-likeness (QED) is 0.684. The average molecular weight is 224 g/mol. The molecule has 0 spiro atoms. The second-order valence-corrected chi connectivity index (χ2v) is 4.06. The second kappa shape index (κ2) is 4.38. The van der Waals surface area contributed by atoms with Crippen LogP contribution in [0.25, 0.3) is 0 Å². The number of hydrogen-bond acceptors (Lipinski definition) is 3. The highest BCUT2D eigenvalue weighted by Crippen LogP contribution is 2.18. The van der Waals surface area contributed by atoms with Crippen molar-refractivity contribution in [1.29, 1.82) is 0 Å². The molecule has 2 aromatic heterocycles. The Kier molecular flexibility index (Phi) is 2.59. The summed E-state index contributed by atoms with van der Waals surface area (Å²) < 4.78 is 1.79. The van der Waals surface area contributed by atoms with Crippen LogP contribution in [0, 0.1) is 11.8 Å². The smallest absolute Gasteiger partial charge is 0.136 e. The van der Waals surface area contributed by atoms with Crippen molar-refractivity contribution in [2.75, 3.05) is 0 Å². The molecule has 84 valence electrons. The molecule has 3 rings (SSSR count). The third-order valence-corrected chi connectivity index (χ3v) is 2.84. The van der Waals surface area contributed by atoms with Gasteiger partial charge in [0, 0.05) is 12.4 Å². The first kappa shape index (κ1) is 10.0. The van der Waals surface area contributed by atoms with E-state index in [0.717, 1.165) is 24.2 Å². The molecule has 0 N–H and O–H groups in total. The van der Waals surface area contributed by atoms with E-state index in [4.69, 9.17) is 0 Å². The van der Waals surface area contributed by atoms with Crippen molar-refractivity contribution in [3.63, 3.8) is 0 Å². The molecule has 0 amide bonds. The van der Waals surface area contributed by atoms with Gasteiger partial charge in [-0.2, -0.15) is 10.2 Å². The van der Waals surface area contributed by atoms with Gasteiger partial charge in [-0.25, -0.2) is 0 Å². The maximum absolute atomic E-state index is 4.20. The van der Waals surface area contributed by atoms with Crippen molar-refractivity contribution >= 4 is 0 Å². The number of aryl methyl sites for hydroxylation is 2. The number of hydrogen-bond donors (Lipinski definition) is 0. The van der Waals surface area contributed by atoms with Crippen LogP contribution in [0.3, 0.4) is 0 Å². The molecule has 0 aromatic carbocycles. The van der Waals surface area contributed by atoms with E-state index in [0.29, 0.717) is 6.54 Å². The molecule has 2 aromatic rings. The first-order valence-electron chi connectivity index (χ1n) is 5.73. The Morgan fingerprint density at radius 2 is 2.29 bits per heavy atom. The van der Waals surface area contributed by atoms with Gasteiger partial charge in [-0.15, -0.1) is 5.10 Å². The Balaban J connectivity index is 1.75. The minimum absolute atomic E-state index is 0.589. The van der Waals surface area contributed by atoms with Gasteiger partial charge in [0.05, 0.1) is 5.69 Å². The molecular weight excluding hydrogens is 212 g/mol. The summed E-state index contributed by atoms with van der Waals surface area (Å²) in [5, 5.41) is 12.4. The lowest BCUT2D eigenvalue weighted by Gasteiger charge is -1.96. The lowest BCUT2D eigenvalue weighted by molar-refractivity contribution is 0.715. The summed E-state index contributed by atoms with van der Waals surface area (Å²) in [6, 6.07) is 3.95. The topological polar surface area (TPSA) is 43.6 Å². The summed E-state index contributed by atoms with van der Waals surface area (Å²) in [7, 11) is 0. The van der Waals surface area contributed by atoms with Crippen LogP contribution in [0.2, 0.25) is 0 Å². The number of rotatable bonds is 1. The van der Waals surface area contributed by atoms with E-state index in [2.05, 4.69) is 33.2 Å². The van der Waals surface area contributed by atoms with E-state index >= 15 is 0 Å². The second-order valence-electron chi connectivity index (χ2n) is 4.06. The molecule has 0 bridgehead atoms. The lowest BCUT2D eigenvalue weighted by atomic mass is 10.2.